The lowest BCUT2D eigenvalue weighted by molar-refractivity contribution is 0.475. The summed E-state index contributed by atoms with van der Waals surface area (Å²) in [4.78, 5) is 4.81. The van der Waals surface area contributed by atoms with E-state index in [1.54, 1.807) is 12.1 Å². The van der Waals surface area contributed by atoms with Crippen LogP contribution in [0.1, 0.15) is 5.56 Å². The molecule has 116 valence electrons. The number of hydrogen-bond donors (Lipinski definition) is 1. The summed E-state index contributed by atoms with van der Waals surface area (Å²) >= 11 is 0. The van der Waals surface area contributed by atoms with Crippen LogP contribution in [0.4, 0.5) is 0 Å². The third-order valence-electron chi connectivity index (χ3n) is 4.07. The van der Waals surface area contributed by atoms with Crippen LogP contribution in [0.5, 0.6) is 5.75 Å². The number of para-hydroxylation sites is 2. The van der Waals surface area contributed by atoms with E-state index in [9.17, 15) is 5.11 Å². The zero-order chi connectivity index (χ0) is 16.5. The van der Waals surface area contributed by atoms with E-state index < -0.39 is 0 Å². The van der Waals surface area contributed by atoms with E-state index in [2.05, 4.69) is 29.3 Å². The van der Waals surface area contributed by atoms with Crippen molar-refractivity contribution < 1.29 is 5.11 Å². The van der Waals surface area contributed by atoms with E-state index in [0.29, 0.717) is 0 Å². The fourth-order valence-electron chi connectivity index (χ4n) is 2.85. The Morgan fingerprint density at radius 1 is 0.875 bits per heavy atom. The van der Waals surface area contributed by atoms with Gasteiger partial charge in [-0.05, 0) is 42.0 Å². The van der Waals surface area contributed by atoms with Crippen LogP contribution >= 0.6 is 0 Å². The number of phenolic OH excluding ortho intramolecular Hbond substituents is 1. The predicted molar refractivity (Wildman–Crippen MR) is 98.3 cm³/mol. The maximum absolute atomic E-state index is 9.58. The van der Waals surface area contributed by atoms with Crippen LogP contribution in [-0.4, -0.2) is 14.7 Å². The number of benzene rings is 3. The Balaban J connectivity index is 1.98. The lowest BCUT2D eigenvalue weighted by Crippen LogP contribution is -1.97. The number of hydrogen-bond acceptors (Lipinski definition) is 2. The third-order valence-corrected chi connectivity index (χ3v) is 4.07. The number of phenols is 1. The van der Waals surface area contributed by atoms with Crippen molar-refractivity contribution in [2.75, 3.05) is 0 Å². The Labute approximate surface area is 140 Å². The monoisotopic (exact) mass is 312 g/mol. The second kappa shape index (κ2) is 5.70. The molecular formula is C21H16N2O. The molecule has 1 N–H and O–H groups in total. The summed E-state index contributed by atoms with van der Waals surface area (Å²) in [6, 6.07) is 23.4. The number of rotatable bonds is 3. The van der Waals surface area contributed by atoms with E-state index in [0.717, 1.165) is 33.7 Å². The standard InChI is InChI=1S/C21H16N2O/c1-2-15-7-9-16(10-8-15)21-22-19-5-3-4-6-20(19)23(21)17-11-13-18(24)14-12-17/h2-14,24H,1H2. The lowest BCUT2D eigenvalue weighted by Gasteiger charge is -2.10. The van der Waals surface area contributed by atoms with Crippen LogP contribution in [0.2, 0.25) is 0 Å². The van der Waals surface area contributed by atoms with Gasteiger partial charge in [-0.25, -0.2) is 4.98 Å². The smallest absolute Gasteiger partial charge is 0.145 e. The fraction of sp³-hybridized carbons (Fsp3) is 0. The molecule has 24 heavy (non-hydrogen) atoms. The largest absolute Gasteiger partial charge is 0.508 e. The molecule has 0 radical (unpaired) electrons. The van der Waals surface area contributed by atoms with Crippen molar-refractivity contribution in [3.63, 3.8) is 0 Å². The average molecular weight is 312 g/mol. The molecule has 4 rings (SSSR count). The zero-order valence-electron chi connectivity index (χ0n) is 13.1. The van der Waals surface area contributed by atoms with Crippen LogP contribution in [0.15, 0.2) is 79.4 Å². The van der Waals surface area contributed by atoms with Crippen LogP contribution in [0, 0.1) is 0 Å². The number of fused-ring (bicyclic) bond motifs is 1. The Bertz CT molecular complexity index is 1010. The predicted octanol–water partition coefficient (Wildman–Crippen LogP) is 5.04. The average Bonchev–Trinajstić information content (AvgIpc) is 3.02. The third kappa shape index (κ3) is 2.36. The van der Waals surface area contributed by atoms with Gasteiger partial charge >= 0.3 is 0 Å². The molecule has 0 spiro atoms. The molecule has 0 aliphatic carbocycles. The first-order chi connectivity index (χ1) is 11.8. The molecule has 3 aromatic carbocycles. The maximum Gasteiger partial charge on any atom is 0.145 e. The van der Waals surface area contributed by atoms with Gasteiger partial charge in [0.25, 0.3) is 0 Å². The van der Waals surface area contributed by atoms with Crippen molar-refractivity contribution >= 4 is 17.1 Å². The fourth-order valence-corrected chi connectivity index (χ4v) is 2.85. The van der Waals surface area contributed by atoms with Crippen molar-refractivity contribution in [1.82, 2.24) is 9.55 Å². The number of aromatic hydroxyl groups is 1. The van der Waals surface area contributed by atoms with Crippen LogP contribution in [0.3, 0.4) is 0 Å². The molecule has 0 saturated heterocycles. The van der Waals surface area contributed by atoms with E-state index >= 15 is 0 Å². The molecule has 0 aliphatic rings. The molecule has 1 heterocycles. The highest BCUT2D eigenvalue weighted by Gasteiger charge is 2.13. The second-order valence-corrected chi connectivity index (χ2v) is 5.60. The summed E-state index contributed by atoms with van der Waals surface area (Å²) < 4.78 is 2.11. The molecule has 3 heteroatoms. The van der Waals surface area contributed by atoms with Gasteiger partial charge in [-0.2, -0.15) is 0 Å². The first-order valence-electron chi connectivity index (χ1n) is 7.76. The summed E-state index contributed by atoms with van der Waals surface area (Å²) in [5.41, 5.74) is 5.04. The molecule has 0 atom stereocenters. The molecule has 4 aromatic rings. The van der Waals surface area contributed by atoms with E-state index in [1.807, 2.05) is 48.5 Å². The van der Waals surface area contributed by atoms with Crippen molar-refractivity contribution in [3.8, 4) is 22.8 Å². The first-order valence-corrected chi connectivity index (χ1v) is 7.76. The minimum Gasteiger partial charge on any atom is -0.508 e. The summed E-state index contributed by atoms with van der Waals surface area (Å²) in [7, 11) is 0. The number of imidazole rings is 1. The molecule has 0 aliphatic heterocycles. The lowest BCUT2D eigenvalue weighted by atomic mass is 10.1. The summed E-state index contributed by atoms with van der Waals surface area (Å²) in [6.45, 7) is 3.80. The normalized spacial score (nSPS) is 10.8. The van der Waals surface area contributed by atoms with Gasteiger partial charge in [-0.1, -0.05) is 49.1 Å². The minimum atomic E-state index is 0.250. The van der Waals surface area contributed by atoms with Gasteiger partial charge in [0.2, 0.25) is 0 Å². The van der Waals surface area contributed by atoms with Gasteiger partial charge < -0.3 is 5.11 Å². The highest BCUT2D eigenvalue weighted by atomic mass is 16.3. The van der Waals surface area contributed by atoms with Gasteiger partial charge in [0.1, 0.15) is 11.6 Å². The molecule has 0 amide bonds. The quantitative estimate of drug-likeness (QED) is 0.575. The van der Waals surface area contributed by atoms with Crippen molar-refractivity contribution in [2.45, 2.75) is 0 Å². The Hall–Kier alpha value is -3.33. The highest BCUT2D eigenvalue weighted by Crippen LogP contribution is 2.29. The van der Waals surface area contributed by atoms with Crippen LogP contribution in [-0.2, 0) is 0 Å². The second-order valence-electron chi connectivity index (χ2n) is 5.60. The van der Waals surface area contributed by atoms with Crippen molar-refractivity contribution in [2.24, 2.45) is 0 Å². The summed E-state index contributed by atoms with van der Waals surface area (Å²) in [5, 5.41) is 9.58. The van der Waals surface area contributed by atoms with Crippen LogP contribution in [0.25, 0.3) is 34.2 Å². The SMILES string of the molecule is C=Cc1ccc(-c2nc3ccccc3n2-c2ccc(O)cc2)cc1. The molecule has 0 saturated carbocycles. The highest BCUT2D eigenvalue weighted by molar-refractivity contribution is 5.83. The molecule has 0 unspecified atom stereocenters. The van der Waals surface area contributed by atoms with Crippen molar-refractivity contribution in [3.05, 3.63) is 84.9 Å². The van der Waals surface area contributed by atoms with Gasteiger partial charge in [-0.15, -0.1) is 0 Å². The molecule has 0 bridgehead atoms. The summed E-state index contributed by atoms with van der Waals surface area (Å²) in [6.07, 6.45) is 1.83. The van der Waals surface area contributed by atoms with Gasteiger partial charge in [0.15, 0.2) is 0 Å². The zero-order valence-corrected chi connectivity index (χ0v) is 13.1. The van der Waals surface area contributed by atoms with Crippen molar-refractivity contribution in [1.29, 1.82) is 0 Å². The maximum atomic E-state index is 9.58. The topological polar surface area (TPSA) is 38.0 Å². The first kappa shape index (κ1) is 14.3. The summed E-state index contributed by atoms with van der Waals surface area (Å²) in [5.74, 6) is 1.12. The number of aromatic nitrogens is 2. The van der Waals surface area contributed by atoms with Crippen LogP contribution < -0.4 is 0 Å². The van der Waals surface area contributed by atoms with Gasteiger partial charge in [0.05, 0.1) is 11.0 Å². The Morgan fingerprint density at radius 2 is 1.58 bits per heavy atom. The molecule has 3 nitrogen and oxygen atoms in total. The van der Waals surface area contributed by atoms with E-state index in [1.165, 1.54) is 0 Å². The molecule has 0 fully saturated rings. The van der Waals surface area contributed by atoms with Gasteiger partial charge in [-0.3, -0.25) is 4.57 Å². The minimum absolute atomic E-state index is 0.250. The van der Waals surface area contributed by atoms with E-state index in [-0.39, 0.29) is 5.75 Å². The van der Waals surface area contributed by atoms with Gasteiger partial charge in [0, 0.05) is 11.3 Å². The molecular weight excluding hydrogens is 296 g/mol. The number of nitrogens with zero attached hydrogens (tertiary/aromatic N) is 2. The Kier molecular flexibility index (Phi) is 3.39. The molecule has 1 aromatic heterocycles. The van der Waals surface area contributed by atoms with E-state index in [4.69, 9.17) is 4.98 Å². The Morgan fingerprint density at radius 3 is 2.29 bits per heavy atom.